The summed E-state index contributed by atoms with van der Waals surface area (Å²) in [6.07, 6.45) is 0.141. The Labute approximate surface area is 140 Å². The van der Waals surface area contributed by atoms with E-state index in [1.165, 1.54) is 12.1 Å². The number of nitrogens with two attached hydrogens (primary N) is 1. The van der Waals surface area contributed by atoms with Gasteiger partial charge in [0.2, 0.25) is 11.8 Å². The minimum Gasteiger partial charge on any atom is -0.508 e. The molecule has 2 amide bonds. The van der Waals surface area contributed by atoms with Crippen LogP contribution >= 0.6 is 0 Å². The van der Waals surface area contributed by atoms with Gasteiger partial charge in [0.15, 0.2) is 0 Å². The number of carbonyl (C=O) groups is 3. The maximum Gasteiger partial charge on any atom is 0.322 e. The second kappa shape index (κ2) is 8.88. The molecular weight excluding hydrogens is 314 g/mol. The van der Waals surface area contributed by atoms with Crippen LogP contribution in [-0.2, 0) is 20.8 Å². The molecule has 1 aromatic carbocycles. The molecular formula is C16H23N3O5. The van der Waals surface area contributed by atoms with Crippen LogP contribution in [0.25, 0.3) is 0 Å². The zero-order valence-corrected chi connectivity index (χ0v) is 13.7. The second-order valence-electron chi connectivity index (χ2n) is 5.81. The molecule has 0 aromatic heterocycles. The summed E-state index contributed by atoms with van der Waals surface area (Å²) in [5.74, 6) is -2.32. The summed E-state index contributed by atoms with van der Waals surface area (Å²) >= 11 is 0. The minimum atomic E-state index is -1.18. The van der Waals surface area contributed by atoms with E-state index >= 15 is 0 Å². The van der Waals surface area contributed by atoms with Crippen LogP contribution < -0.4 is 16.4 Å². The van der Waals surface area contributed by atoms with Gasteiger partial charge >= 0.3 is 5.97 Å². The van der Waals surface area contributed by atoms with Gasteiger partial charge in [0.05, 0.1) is 6.04 Å². The van der Waals surface area contributed by atoms with Crippen LogP contribution in [0.4, 0.5) is 0 Å². The third-order valence-electron chi connectivity index (χ3n) is 3.44. The van der Waals surface area contributed by atoms with Crippen LogP contribution in [0.5, 0.6) is 5.75 Å². The van der Waals surface area contributed by atoms with Crippen LogP contribution in [0.2, 0.25) is 0 Å². The fourth-order valence-corrected chi connectivity index (χ4v) is 1.93. The number of aliphatic carboxylic acids is 1. The predicted molar refractivity (Wildman–Crippen MR) is 87.2 cm³/mol. The van der Waals surface area contributed by atoms with Gasteiger partial charge < -0.3 is 26.6 Å². The third kappa shape index (κ3) is 6.25. The fourth-order valence-electron chi connectivity index (χ4n) is 1.93. The molecule has 0 unspecified atom stereocenters. The molecule has 0 saturated heterocycles. The van der Waals surface area contributed by atoms with Gasteiger partial charge in [0, 0.05) is 6.42 Å². The first-order valence-corrected chi connectivity index (χ1v) is 7.54. The lowest BCUT2D eigenvalue weighted by Crippen LogP contribution is -2.54. The number of carbonyl (C=O) groups excluding carboxylic acids is 2. The van der Waals surface area contributed by atoms with E-state index in [1.807, 2.05) is 0 Å². The summed E-state index contributed by atoms with van der Waals surface area (Å²) in [5, 5.41) is 22.7. The summed E-state index contributed by atoms with van der Waals surface area (Å²) < 4.78 is 0. The van der Waals surface area contributed by atoms with Crippen molar-refractivity contribution in [3.05, 3.63) is 29.8 Å². The lowest BCUT2D eigenvalue weighted by Gasteiger charge is -2.22. The molecule has 8 heteroatoms. The average molecular weight is 337 g/mol. The molecule has 0 bridgehead atoms. The van der Waals surface area contributed by atoms with Gasteiger partial charge in [-0.3, -0.25) is 14.4 Å². The standard InChI is InChI=1S/C16H23N3O5/c1-9(2)14(17)16(24)19-12(15(23)18-8-13(21)22)7-10-3-5-11(20)6-4-10/h3-6,9,12,14,20H,7-8,17H2,1-2H3,(H,18,23)(H,19,24)(H,21,22)/t12-,14-/m0/s1. The summed E-state index contributed by atoms with van der Waals surface area (Å²) in [7, 11) is 0. The number of benzene rings is 1. The number of phenolic OH excluding ortho intramolecular Hbond substituents is 1. The Balaban J connectivity index is 2.85. The Morgan fingerprint density at radius 1 is 1.12 bits per heavy atom. The van der Waals surface area contributed by atoms with Crippen LogP contribution in [0.15, 0.2) is 24.3 Å². The maximum atomic E-state index is 12.2. The Morgan fingerprint density at radius 3 is 2.21 bits per heavy atom. The molecule has 1 rings (SSSR count). The van der Waals surface area contributed by atoms with E-state index in [-0.39, 0.29) is 18.1 Å². The number of hydrogen-bond acceptors (Lipinski definition) is 5. The molecule has 132 valence electrons. The fraction of sp³-hybridized carbons (Fsp3) is 0.438. The molecule has 2 atom stereocenters. The topological polar surface area (TPSA) is 142 Å². The summed E-state index contributed by atoms with van der Waals surface area (Å²) in [4.78, 5) is 34.9. The Morgan fingerprint density at radius 2 is 1.71 bits per heavy atom. The SMILES string of the molecule is CC(C)[C@H](N)C(=O)N[C@@H](Cc1ccc(O)cc1)C(=O)NCC(=O)O. The Hall–Kier alpha value is -2.61. The van der Waals surface area contributed by atoms with Crippen molar-refractivity contribution < 1.29 is 24.6 Å². The lowest BCUT2D eigenvalue weighted by atomic mass is 10.0. The molecule has 0 aliphatic heterocycles. The quantitative estimate of drug-likeness (QED) is 0.437. The van der Waals surface area contributed by atoms with Crippen LogP contribution in [-0.4, -0.2) is 46.6 Å². The number of carboxylic acids is 1. The average Bonchev–Trinajstić information content (AvgIpc) is 2.52. The van der Waals surface area contributed by atoms with Gasteiger partial charge in [0.25, 0.3) is 0 Å². The molecule has 0 saturated carbocycles. The van der Waals surface area contributed by atoms with Crippen molar-refractivity contribution in [3.63, 3.8) is 0 Å². The van der Waals surface area contributed by atoms with Gasteiger partial charge in [-0.2, -0.15) is 0 Å². The van der Waals surface area contributed by atoms with Crippen LogP contribution in [0, 0.1) is 5.92 Å². The van der Waals surface area contributed by atoms with E-state index in [4.69, 9.17) is 10.8 Å². The number of amides is 2. The smallest absolute Gasteiger partial charge is 0.322 e. The normalized spacial score (nSPS) is 13.2. The van der Waals surface area contributed by atoms with Crippen molar-refractivity contribution in [1.82, 2.24) is 10.6 Å². The molecule has 0 radical (unpaired) electrons. The van der Waals surface area contributed by atoms with Crippen molar-refractivity contribution in [2.24, 2.45) is 11.7 Å². The van der Waals surface area contributed by atoms with Crippen molar-refractivity contribution in [2.75, 3.05) is 6.54 Å². The maximum absolute atomic E-state index is 12.2. The first-order chi connectivity index (χ1) is 11.2. The lowest BCUT2D eigenvalue weighted by molar-refractivity contribution is -0.138. The van der Waals surface area contributed by atoms with E-state index in [0.29, 0.717) is 5.56 Å². The number of rotatable bonds is 8. The molecule has 0 aliphatic carbocycles. The molecule has 0 aliphatic rings. The van der Waals surface area contributed by atoms with E-state index in [1.54, 1.807) is 26.0 Å². The van der Waals surface area contributed by atoms with Gasteiger partial charge in [-0.05, 0) is 23.6 Å². The second-order valence-corrected chi connectivity index (χ2v) is 5.81. The molecule has 0 heterocycles. The van der Waals surface area contributed by atoms with E-state index in [0.717, 1.165) is 0 Å². The van der Waals surface area contributed by atoms with Crippen molar-refractivity contribution >= 4 is 17.8 Å². The number of nitrogens with one attached hydrogen (secondary N) is 2. The number of hydrogen-bond donors (Lipinski definition) is 5. The summed E-state index contributed by atoms with van der Waals surface area (Å²) in [6, 6.07) is 4.40. The summed E-state index contributed by atoms with van der Waals surface area (Å²) in [6.45, 7) is 3.02. The van der Waals surface area contributed by atoms with Gasteiger partial charge in [-0.25, -0.2) is 0 Å². The highest BCUT2D eigenvalue weighted by Gasteiger charge is 2.25. The van der Waals surface area contributed by atoms with Crippen LogP contribution in [0.3, 0.4) is 0 Å². The molecule has 24 heavy (non-hydrogen) atoms. The highest BCUT2D eigenvalue weighted by atomic mass is 16.4. The molecule has 8 nitrogen and oxygen atoms in total. The predicted octanol–water partition coefficient (Wildman–Crippen LogP) is -0.396. The molecule has 0 fully saturated rings. The number of aromatic hydroxyl groups is 1. The molecule has 0 spiro atoms. The van der Waals surface area contributed by atoms with Crippen molar-refractivity contribution in [3.8, 4) is 5.75 Å². The highest BCUT2D eigenvalue weighted by molar-refractivity contribution is 5.91. The van der Waals surface area contributed by atoms with Crippen molar-refractivity contribution in [2.45, 2.75) is 32.4 Å². The van der Waals surface area contributed by atoms with Gasteiger partial charge in [-0.15, -0.1) is 0 Å². The molecule has 1 aromatic rings. The largest absolute Gasteiger partial charge is 0.508 e. The number of phenols is 1. The minimum absolute atomic E-state index is 0.0801. The van der Waals surface area contributed by atoms with E-state index < -0.39 is 36.4 Å². The summed E-state index contributed by atoms with van der Waals surface area (Å²) in [5.41, 5.74) is 6.47. The monoisotopic (exact) mass is 337 g/mol. The van der Waals surface area contributed by atoms with E-state index in [2.05, 4.69) is 10.6 Å². The van der Waals surface area contributed by atoms with Gasteiger partial charge in [-0.1, -0.05) is 26.0 Å². The molecule has 6 N–H and O–H groups in total. The zero-order chi connectivity index (χ0) is 18.3. The van der Waals surface area contributed by atoms with Crippen molar-refractivity contribution in [1.29, 1.82) is 0 Å². The Bertz CT molecular complexity index is 586. The number of carboxylic acid groups (broad SMARTS) is 1. The zero-order valence-electron chi connectivity index (χ0n) is 13.7. The van der Waals surface area contributed by atoms with Gasteiger partial charge in [0.1, 0.15) is 18.3 Å². The third-order valence-corrected chi connectivity index (χ3v) is 3.44. The first kappa shape index (κ1) is 19.4. The Kier molecular flexibility index (Phi) is 7.19. The van der Waals surface area contributed by atoms with E-state index in [9.17, 15) is 19.5 Å². The highest BCUT2D eigenvalue weighted by Crippen LogP contribution is 2.12. The first-order valence-electron chi connectivity index (χ1n) is 7.54. The van der Waals surface area contributed by atoms with Crippen LogP contribution in [0.1, 0.15) is 19.4 Å².